The van der Waals surface area contributed by atoms with Gasteiger partial charge in [0.15, 0.2) is 0 Å². The van der Waals surface area contributed by atoms with Crippen LogP contribution in [0.25, 0.3) is 0 Å². The summed E-state index contributed by atoms with van der Waals surface area (Å²) in [6.45, 7) is 4.04. The van der Waals surface area contributed by atoms with Gasteiger partial charge in [-0.05, 0) is 31.5 Å². The van der Waals surface area contributed by atoms with Gasteiger partial charge in [0.25, 0.3) is 0 Å². The van der Waals surface area contributed by atoms with Crippen LogP contribution < -0.4 is 10.5 Å². The van der Waals surface area contributed by atoms with Crippen LogP contribution >= 0.6 is 11.6 Å². The van der Waals surface area contributed by atoms with Gasteiger partial charge in [-0.1, -0.05) is 18.5 Å². The number of nitrogen functional groups attached to an aromatic ring is 1. The predicted molar refractivity (Wildman–Crippen MR) is 62.8 cm³/mol. The second kappa shape index (κ2) is 5.03. The average Bonchev–Trinajstić information content (AvgIpc) is 2.17. The van der Waals surface area contributed by atoms with Crippen molar-refractivity contribution in [3.63, 3.8) is 0 Å². The number of benzene rings is 1. The van der Waals surface area contributed by atoms with Crippen LogP contribution in [0.4, 0.5) is 0 Å². The van der Waals surface area contributed by atoms with E-state index in [1.165, 1.54) is 0 Å². The van der Waals surface area contributed by atoms with E-state index in [0.717, 1.165) is 6.42 Å². The third-order valence-corrected chi connectivity index (χ3v) is 2.46. The van der Waals surface area contributed by atoms with E-state index in [9.17, 15) is 0 Å². The molecule has 0 spiro atoms. The van der Waals surface area contributed by atoms with Gasteiger partial charge in [0.2, 0.25) is 0 Å². The number of rotatable bonds is 4. The molecule has 1 unspecified atom stereocenters. The Morgan fingerprint density at radius 3 is 2.73 bits per heavy atom. The first-order chi connectivity index (χ1) is 7.04. The Morgan fingerprint density at radius 1 is 1.60 bits per heavy atom. The fourth-order valence-corrected chi connectivity index (χ4v) is 1.38. The Labute approximate surface area is 94.7 Å². The maximum Gasteiger partial charge on any atom is 0.124 e. The zero-order valence-corrected chi connectivity index (χ0v) is 9.64. The number of hydrogen-bond acceptors (Lipinski definition) is 2. The Morgan fingerprint density at radius 2 is 2.27 bits per heavy atom. The molecule has 15 heavy (non-hydrogen) atoms. The molecule has 1 aromatic carbocycles. The molecule has 3 N–H and O–H groups in total. The average molecular weight is 227 g/mol. The maximum absolute atomic E-state index is 7.28. The lowest BCUT2D eigenvalue weighted by molar-refractivity contribution is 0.217. The lowest BCUT2D eigenvalue weighted by Crippen LogP contribution is -2.13. The molecule has 0 amide bonds. The van der Waals surface area contributed by atoms with Gasteiger partial charge in [0.05, 0.1) is 11.1 Å². The van der Waals surface area contributed by atoms with Crippen molar-refractivity contribution in [1.29, 1.82) is 5.41 Å². The third kappa shape index (κ3) is 3.13. The molecule has 4 heteroatoms. The van der Waals surface area contributed by atoms with Crippen LogP contribution in [0, 0.1) is 5.41 Å². The van der Waals surface area contributed by atoms with Crippen molar-refractivity contribution in [1.82, 2.24) is 0 Å². The molecule has 0 aliphatic heterocycles. The van der Waals surface area contributed by atoms with Crippen LogP contribution in [-0.2, 0) is 0 Å². The first-order valence-corrected chi connectivity index (χ1v) is 5.23. The summed E-state index contributed by atoms with van der Waals surface area (Å²) in [6.07, 6.45) is 1.09. The summed E-state index contributed by atoms with van der Waals surface area (Å²) in [5.74, 6) is 0.675. The summed E-state index contributed by atoms with van der Waals surface area (Å²) in [4.78, 5) is 0. The Balaban J connectivity index is 2.87. The SMILES string of the molecule is CCC(C)Oc1ccc(C(=N)N)c(Cl)c1. The van der Waals surface area contributed by atoms with Crippen molar-refractivity contribution in [3.8, 4) is 5.75 Å². The van der Waals surface area contributed by atoms with Crippen molar-refractivity contribution in [2.24, 2.45) is 5.73 Å². The summed E-state index contributed by atoms with van der Waals surface area (Å²) in [7, 11) is 0. The number of hydrogen-bond donors (Lipinski definition) is 2. The Bertz CT molecular complexity index is 366. The van der Waals surface area contributed by atoms with Crippen LogP contribution in [0.3, 0.4) is 0 Å². The molecule has 0 radical (unpaired) electrons. The van der Waals surface area contributed by atoms with Crippen LogP contribution in [0.1, 0.15) is 25.8 Å². The topological polar surface area (TPSA) is 59.1 Å². The van der Waals surface area contributed by atoms with Gasteiger partial charge in [0, 0.05) is 5.56 Å². The van der Waals surface area contributed by atoms with Crippen LogP contribution in [0.5, 0.6) is 5.75 Å². The molecule has 0 saturated heterocycles. The number of nitrogens with two attached hydrogens (primary N) is 1. The molecule has 0 fully saturated rings. The molecule has 0 aliphatic carbocycles. The molecule has 0 bridgehead atoms. The highest BCUT2D eigenvalue weighted by Crippen LogP contribution is 2.23. The number of nitrogens with one attached hydrogen (secondary N) is 1. The van der Waals surface area contributed by atoms with E-state index in [1.807, 2.05) is 6.92 Å². The molecule has 0 heterocycles. The van der Waals surface area contributed by atoms with E-state index in [4.69, 9.17) is 27.5 Å². The summed E-state index contributed by atoms with van der Waals surface area (Å²) in [5, 5.41) is 7.72. The summed E-state index contributed by atoms with van der Waals surface area (Å²) in [6, 6.07) is 5.15. The fourth-order valence-electron chi connectivity index (χ4n) is 1.10. The highest BCUT2D eigenvalue weighted by Gasteiger charge is 2.06. The van der Waals surface area contributed by atoms with Crippen LogP contribution in [0.2, 0.25) is 5.02 Å². The van der Waals surface area contributed by atoms with Gasteiger partial charge in [-0.3, -0.25) is 5.41 Å². The molecular weight excluding hydrogens is 212 g/mol. The molecule has 1 rings (SSSR count). The van der Waals surface area contributed by atoms with Gasteiger partial charge in [-0.25, -0.2) is 0 Å². The first-order valence-electron chi connectivity index (χ1n) is 4.85. The van der Waals surface area contributed by atoms with Gasteiger partial charge < -0.3 is 10.5 Å². The van der Waals surface area contributed by atoms with Gasteiger partial charge in [-0.15, -0.1) is 0 Å². The number of amidine groups is 1. The van der Waals surface area contributed by atoms with Crippen LogP contribution in [-0.4, -0.2) is 11.9 Å². The van der Waals surface area contributed by atoms with Crippen molar-refractivity contribution < 1.29 is 4.74 Å². The number of ether oxygens (including phenoxy) is 1. The minimum Gasteiger partial charge on any atom is -0.491 e. The highest BCUT2D eigenvalue weighted by molar-refractivity contribution is 6.34. The number of halogens is 1. The molecule has 1 aromatic rings. The second-order valence-electron chi connectivity index (χ2n) is 3.39. The van der Waals surface area contributed by atoms with Gasteiger partial charge in [-0.2, -0.15) is 0 Å². The maximum atomic E-state index is 7.28. The summed E-state index contributed by atoms with van der Waals surface area (Å²) in [5.41, 5.74) is 5.89. The zero-order chi connectivity index (χ0) is 11.4. The van der Waals surface area contributed by atoms with Gasteiger partial charge >= 0.3 is 0 Å². The third-order valence-electron chi connectivity index (χ3n) is 2.14. The molecule has 82 valence electrons. The lowest BCUT2D eigenvalue weighted by atomic mass is 10.2. The molecule has 0 aromatic heterocycles. The largest absolute Gasteiger partial charge is 0.491 e. The normalized spacial score (nSPS) is 12.2. The Kier molecular flexibility index (Phi) is 3.97. The fraction of sp³-hybridized carbons (Fsp3) is 0.364. The predicted octanol–water partition coefficient (Wildman–Crippen LogP) is 2.80. The standard InChI is InChI=1S/C11H15ClN2O/c1-3-7(2)15-8-4-5-9(11(13)14)10(12)6-8/h4-7H,3H2,1-2H3,(H3,13,14). The van der Waals surface area contributed by atoms with Crippen molar-refractivity contribution in [2.75, 3.05) is 0 Å². The van der Waals surface area contributed by atoms with E-state index in [0.29, 0.717) is 16.3 Å². The van der Waals surface area contributed by atoms with Crippen LogP contribution in [0.15, 0.2) is 18.2 Å². The molecule has 1 atom stereocenters. The quantitative estimate of drug-likeness (QED) is 0.613. The van der Waals surface area contributed by atoms with Crippen molar-refractivity contribution in [3.05, 3.63) is 28.8 Å². The first kappa shape index (κ1) is 11.9. The van der Waals surface area contributed by atoms with E-state index in [1.54, 1.807) is 18.2 Å². The highest BCUT2D eigenvalue weighted by atomic mass is 35.5. The smallest absolute Gasteiger partial charge is 0.124 e. The van der Waals surface area contributed by atoms with E-state index >= 15 is 0 Å². The van der Waals surface area contributed by atoms with E-state index < -0.39 is 0 Å². The summed E-state index contributed by atoms with van der Waals surface area (Å²) < 4.78 is 5.58. The van der Waals surface area contributed by atoms with Crippen molar-refractivity contribution >= 4 is 17.4 Å². The zero-order valence-electron chi connectivity index (χ0n) is 8.88. The molecular formula is C11H15ClN2O. The molecule has 0 saturated carbocycles. The monoisotopic (exact) mass is 226 g/mol. The molecule has 0 aliphatic rings. The summed E-state index contributed by atoms with van der Waals surface area (Å²) >= 11 is 5.95. The van der Waals surface area contributed by atoms with Gasteiger partial charge in [0.1, 0.15) is 11.6 Å². The lowest BCUT2D eigenvalue weighted by Gasteiger charge is -2.13. The van der Waals surface area contributed by atoms with E-state index in [2.05, 4.69) is 6.92 Å². The minimum absolute atomic E-state index is 0.0323. The van der Waals surface area contributed by atoms with E-state index in [-0.39, 0.29) is 11.9 Å². The van der Waals surface area contributed by atoms with Crippen molar-refractivity contribution in [2.45, 2.75) is 26.4 Å². The molecule has 3 nitrogen and oxygen atoms in total. The Hall–Kier alpha value is -1.22. The second-order valence-corrected chi connectivity index (χ2v) is 3.80. The minimum atomic E-state index is -0.0323.